The van der Waals surface area contributed by atoms with Crippen LogP contribution in [0.1, 0.15) is 33.1 Å². The van der Waals surface area contributed by atoms with E-state index < -0.39 is 0 Å². The van der Waals surface area contributed by atoms with Gasteiger partial charge in [0.15, 0.2) is 0 Å². The fraction of sp³-hybridized carbons (Fsp3) is 0.800. The Hall–Kier alpha value is -0.900. The number of aliphatic hydroxyl groups excluding tert-OH is 1. The summed E-state index contributed by atoms with van der Waals surface area (Å²) in [6.07, 6.45) is 1.45. The largest absolute Gasteiger partial charge is 0.394 e. The zero-order chi connectivity index (χ0) is 10.7. The predicted octanol–water partition coefficient (Wildman–Crippen LogP) is 0.542. The van der Waals surface area contributed by atoms with Crippen LogP contribution in [0.3, 0.4) is 0 Å². The first-order valence-electron chi connectivity index (χ1n) is 5.05. The summed E-state index contributed by atoms with van der Waals surface area (Å²) in [5.74, 6) is -0.147. The molecular formula is C10H17NO3. The molecule has 4 nitrogen and oxygen atoms in total. The number of aliphatic hydroxyl groups is 1. The van der Waals surface area contributed by atoms with Crippen LogP contribution in [0.2, 0.25) is 0 Å². The van der Waals surface area contributed by atoms with Gasteiger partial charge in [0.25, 0.3) is 0 Å². The van der Waals surface area contributed by atoms with Crippen molar-refractivity contribution in [2.24, 2.45) is 5.92 Å². The lowest BCUT2D eigenvalue weighted by molar-refractivity contribution is -0.153. The number of hydrogen-bond donors (Lipinski definition) is 1. The highest BCUT2D eigenvalue weighted by Gasteiger charge is 2.34. The average molecular weight is 199 g/mol. The van der Waals surface area contributed by atoms with Crippen LogP contribution in [-0.2, 0) is 9.59 Å². The monoisotopic (exact) mass is 199 g/mol. The molecule has 0 aliphatic carbocycles. The lowest BCUT2D eigenvalue weighted by Crippen LogP contribution is -2.50. The smallest absolute Gasteiger partial charge is 0.229 e. The maximum Gasteiger partial charge on any atom is 0.229 e. The number of nitrogens with zero attached hydrogens (tertiary/aromatic N) is 1. The van der Waals surface area contributed by atoms with Crippen LogP contribution in [0.25, 0.3) is 0 Å². The number of likely N-dealkylation sites (tertiary alicyclic amines) is 1. The highest BCUT2D eigenvalue weighted by atomic mass is 16.3. The van der Waals surface area contributed by atoms with E-state index in [9.17, 15) is 9.59 Å². The molecular weight excluding hydrogens is 182 g/mol. The van der Waals surface area contributed by atoms with Gasteiger partial charge < -0.3 is 5.11 Å². The number of hydrogen-bond acceptors (Lipinski definition) is 3. The van der Waals surface area contributed by atoms with Gasteiger partial charge in [-0.3, -0.25) is 14.5 Å². The second-order valence-electron chi connectivity index (χ2n) is 3.92. The summed E-state index contributed by atoms with van der Waals surface area (Å²) < 4.78 is 0. The van der Waals surface area contributed by atoms with Gasteiger partial charge in [0.2, 0.25) is 11.8 Å². The maximum absolute atomic E-state index is 11.6. The summed E-state index contributed by atoms with van der Waals surface area (Å²) in [5, 5.41) is 9.03. The summed E-state index contributed by atoms with van der Waals surface area (Å²) >= 11 is 0. The van der Waals surface area contributed by atoms with E-state index >= 15 is 0 Å². The fourth-order valence-corrected chi connectivity index (χ4v) is 1.80. The summed E-state index contributed by atoms with van der Waals surface area (Å²) in [6.45, 7) is 3.62. The minimum Gasteiger partial charge on any atom is -0.394 e. The minimum absolute atomic E-state index is 0.137. The van der Waals surface area contributed by atoms with E-state index in [2.05, 4.69) is 0 Å². The second kappa shape index (κ2) is 4.55. The standard InChI is InChI=1S/C10H17NO3/c1-3-8(6-12)11-9(13)4-7(2)5-10(11)14/h7-8,12H,3-6H2,1-2H3/t8-/m0/s1. The molecule has 80 valence electrons. The van der Waals surface area contributed by atoms with Gasteiger partial charge in [-0.2, -0.15) is 0 Å². The lowest BCUT2D eigenvalue weighted by atomic mass is 9.96. The van der Waals surface area contributed by atoms with Crippen LogP contribution in [0, 0.1) is 5.92 Å². The van der Waals surface area contributed by atoms with E-state index in [1.165, 1.54) is 4.90 Å². The Bertz CT molecular complexity index is 218. The topological polar surface area (TPSA) is 57.6 Å². The van der Waals surface area contributed by atoms with Gasteiger partial charge in [0.1, 0.15) is 0 Å². The molecule has 1 atom stereocenters. The summed E-state index contributed by atoms with van der Waals surface area (Å²) in [4.78, 5) is 24.4. The zero-order valence-corrected chi connectivity index (χ0v) is 8.69. The molecule has 0 aromatic carbocycles. The Balaban J connectivity index is 2.76. The van der Waals surface area contributed by atoms with E-state index in [4.69, 9.17) is 5.11 Å². The Morgan fingerprint density at radius 3 is 2.29 bits per heavy atom. The van der Waals surface area contributed by atoms with Crippen LogP contribution in [0.15, 0.2) is 0 Å². The van der Waals surface area contributed by atoms with Crippen molar-refractivity contribution in [2.75, 3.05) is 6.61 Å². The third-order valence-electron chi connectivity index (χ3n) is 2.63. The molecule has 1 fully saturated rings. The molecule has 0 radical (unpaired) electrons. The molecule has 1 rings (SSSR count). The zero-order valence-electron chi connectivity index (χ0n) is 8.69. The third kappa shape index (κ3) is 2.12. The molecule has 1 N–H and O–H groups in total. The maximum atomic E-state index is 11.6. The van der Waals surface area contributed by atoms with Crippen molar-refractivity contribution in [3.63, 3.8) is 0 Å². The van der Waals surface area contributed by atoms with Gasteiger partial charge in [-0.05, 0) is 12.3 Å². The van der Waals surface area contributed by atoms with Crippen LogP contribution in [-0.4, -0.2) is 34.5 Å². The first-order chi connectivity index (χ1) is 6.60. The molecule has 0 aromatic rings. The minimum atomic E-state index is -0.331. The van der Waals surface area contributed by atoms with E-state index in [-0.39, 0.29) is 30.4 Å². The molecule has 2 amide bonds. The van der Waals surface area contributed by atoms with E-state index in [1.807, 2.05) is 13.8 Å². The van der Waals surface area contributed by atoms with Crippen LogP contribution in [0.5, 0.6) is 0 Å². The summed E-state index contributed by atoms with van der Waals surface area (Å²) in [6, 6.07) is -0.331. The van der Waals surface area contributed by atoms with Gasteiger partial charge in [-0.25, -0.2) is 0 Å². The molecule has 4 heteroatoms. The Labute approximate surface area is 83.9 Å². The third-order valence-corrected chi connectivity index (χ3v) is 2.63. The molecule has 1 saturated heterocycles. The lowest BCUT2D eigenvalue weighted by Gasteiger charge is -2.33. The SMILES string of the molecule is CC[C@@H](CO)N1C(=O)CC(C)CC1=O. The molecule has 1 heterocycles. The first kappa shape index (κ1) is 11.2. The van der Waals surface area contributed by atoms with Crippen LogP contribution >= 0.6 is 0 Å². The number of amides is 2. The van der Waals surface area contributed by atoms with E-state index in [0.29, 0.717) is 19.3 Å². The van der Waals surface area contributed by atoms with Crippen molar-refractivity contribution in [1.29, 1.82) is 0 Å². The van der Waals surface area contributed by atoms with Crippen molar-refractivity contribution in [3.05, 3.63) is 0 Å². The average Bonchev–Trinajstić information content (AvgIpc) is 2.10. The van der Waals surface area contributed by atoms with Crippen molar-refractivity contribution < 1.29 is 14.7 Å². The Kier molecular flexibility index (Phi) is 3.63. The van der Waals surface area contributed by atoms with Crippen LogP contribution < -0.4 is 0 Å². The first-order valence-corrected chi connectivity index (χ1v) is 5.05. The Morgan fingerprint density at radius 1 is 1.43 bits per heavy atom. The van der Waals surface area contributed by atoms with E-state index in [0.717, 1.165) is 0 Å². The number of carbonyl (C=O) groups excluding carboxylic acids is 2. The highest BCUT2D eigenvalue weighted by molar-refractivity contribution is 5.98. The Morgan fingerprint density at radius 2 is 1.93 bits per heavy atom. The van der Waals surface area contributed by atoms with Crippen molar-refractivity contribution in [2.45, 2.75) is 39.2 Å². The number of carbonyl (C=O) groups is 2. The number of imide groups is 1. The van der Waals surface area contributed by atoms with Crippen molar-refractivity contribution in [1.82, 2.24) is 4.90 Å². The van der Waals surface area contributed by atoms with Crippen molar-refractivity contribution >= 4 is 11.8 Å². The van der Waals surface area contributed by atoms with Gasteiger partial charge in [-0.15, -0.1) is 0 Å². The quantitative estimate of drug-likeness (QED) is 0.675. The van der Waals surface area contributed by atoms with Gasteiger partial charge >= 0.3 is 0 Å². The van der Waals surface area contributed by atoms with E-state index in [1.54, 1.807) is 0 Å². The number of piperidine rings is 1. The van der Waals surface area contributed by atoms with Crippen molar-refractivity contribution in [3.8, 4) is 0 Å². The molecule has 0 unspecified atom stereocenters. The summed E-state index contributed by atoms with van der Waals surface area (Å²) in [5.41, 5.74) is 0. The van der Waals surface area contributed by atoms with Gasteiger partial charge in [0.05, 0.1) is 12.6 Å². The highest BCUT2D eigenvalue weighted by Crippen LogP contribution is 2.21. The molecule has 0 bridgehead atoms. The second-order valence-corrected chi connectivity index (χ2v) is 3.92. The fourth-order valence-electron chi connectivity index (χ4n) is 1.80. The molecule has 0 saturated carbocycles. The summed E-state index contributed by atoms with van der Waals surface area (Å²) in [7, 11) is 0. The predicted molar refractivity (Wildman–Crippen MR) is 51.4 cm³/mol. The van der Waals surface area contributed by atoms with Gasteiger partial charge in [0, 0.05) is 12.8 Å². The molecule has 0 spiro atoms. The molecule has 1 aliphatic rings. The number of rotatable bonds is 3. The molecule has 0 aromatic heterocycles. The normalized spacial score (nSPS) is 21.5. The molecule has 14 heavy (non-hydrogen) atoms. The molecule has 1 aliphatic heterocycles. The van der Waals surface area contributed by atoms with Crippen LogP contribution in [0.4, 0.5) is 0 Å². The van der Waals surface area contributed by atoms with Gasteiger partial charge in [-0.1, -0.05) is 13.8 Å².